The first kappa shape index (κ1) is 24.4. The number of benzene rings is 2. The van der Waals surface area contributed by atoms with Gasteiger partial charge < -0.3 is 5.32 Å². The zero-order chi connectivity index (χ0) is 24.6. The van der Waals surface area contributed by atoms with E-state index in [9.17, 15) is 13.2 Å². The summed E-state index contributed by atoms with van der Waals surface area (Å²) in [4.78, 5) is 12.8. The van der Waals surface area contributed by atoms with E-state index in [0.29, 0.717) is 5.69 Å². The summed E-state index contributed by atoms with van der Waals surface area (Å²) >= 11 is 0. The van der Waals surface area contributed by atoms with E-state index < -0.39 is 10.0 Å². The van der Waals surface area contributed by atoms with Crippen LogP contribution in [0.2, 0.25) is 0 Å². The predicted octanol–water partition coefficient (Wildman–Crippen LogP) is 5.06. The number of carbonyl (C=O) groups excluding carboxylic acids is 1. The molecule has 1 amide bonds. The second kappa shape index (κ2) is 9.61. The standard InChI is InChI=1S/C29H38N2O3S/c1-21(8-9-22-6-4-3-5-7-22)30-28(32)20-31(35(2,33)34)27-12-10-26(11-13-27)29-17-23-14-24(18-29)16-25(15-23)19-29/h3-7,10-13,21,23-25H,8-9,14-20H2,1-2H3,(H,30,32)/t21-,23?,24?,25?,29?/m0/s1. The molecule has 188 valence electrons. The zero-order valence-electron chi connectivity index (χ0n) is 20.9. The SMILES string of the molecule is C[C@@H](CCc1ccccc1)NC(=O)CN(c1ccc(C23CC4CC(CC(C4)C2)C3)cc1)S(C)(=O)=O. The normalized spacial score (nSPS) is 28.0. The molecule has 4 aliphatic rings. The third kappa shape index (κ3) is 5.42. The van der Waals surface area contributed by atoms with Crippen molar-refractivity contribution >= 4 is 21.6 Å². The molecular weight excluding hydrogens is 456 g/mol. The van der Waals surface area contributed by atoms with Gasteiger partial charge in [0.15, 0.2) is 0 Å². The number of amides is 1. The van der Waals surface area contributed by atoms with E-state index in [1.807, 2.05) is 37.3 Å². The first-order chi connectivity index (χ1) is 16.7. The molecule has 0 heterocycles. The van der Waals surface area contributed by atoms with Gasteiger partial charge >= 0.3 is 0 Å². The Morgan fingerprint density at radius 2 is 1.54 bits per heavy atom. The molecule has 5 nitrogen and oxygen atoms in total. The Morgan fingerprint density at radius 3 is 2.09 bits per heavy atom. The highest BCUT2D eigenvalue weighted by Gasteiger charge is 2.51. The smallest absolute Gasteiger partial charge is 0.240 e. The Morgan fingerprint density at radius 1 is 0.971 bits per heavy atom. The minimum atomic E-state index is -3.59. The lowest BCUT2D eigenvalue weighted by Gasteiger charge is -2.57. The molecule has 0 spiro atoms. The molecule has 35 heavy (non-hydrogen) atoms. The van der Waals surface area contributed by atoms with Gasteiger partial charge in [-0.05, 0) is 105 Å². The second-order valence-corrected chi connectivity index (χ2v) is 13.4. The minimum Gasteiger partial charge on any atom is -0.352 e. The van der Waals surface area contributed by atoms with Gasteiger partial charge in [0.05, 0.1) is 11.9 Å². The Kier molecular flexibility index (Phi) is 6.69. The average Bonchev–Trinajstić information content (AvgIpc) is 2.80. The zero-order valence-corrected chi connectivity index (χ0v) is 21.8. The van der Waals surface area contributed by atoms with Crippen LogP contribution in [0.3, 0.4) is 0 Å². The molecule has 2 aromatic carbocycles. The van der Waals surface area contributed by atoms with Gasteiger partial charge in [0.25, 0.3) is 0 Å². The van der Waals surface area contributed by atoms with Crippen LogP contribution in [0.5, 0.6) is 0 Å². The fourth-order valence-corrected chi connectivity index (χ4v) is 8.25. The molecule has 0 radical (unpaired) electrons. The van der Waals surface area contributed by atoms with Crippen LogP contribution in [0.15, 0.2) is 54.6 Å². The summed E-state index contributed by atoms with van der Waals surface area (Å²) in [6.45, 7) is 1.76. The monoisotopic (exact) mass is 494 g/mol. The Labute approximate surface area is 210 Å². The number of anilines is 1. The van der Waals surface area contributed by atoms with Gasteiger partial charge in [-0.15, -0.1) is 0 Å². The second-order valence-electron chi connectivity index (χ2n) is 11.5. The summed E-state index contributed by atoms with van der Waals surface area (Å²) in [5.74, 6) is 2.31. The number of carbonyl (C=O) groups is 1. The Hall–Kier alpha value is -2.34. The summed E-state index contributed by atoms with van der Waals surface area (Å²) in [7, 11) is -3.59. The van der Waals surface area contributed by atoms with Crippen LogP contribution in [-0.2, 0) is 26.7 Å². The molecule has 4 saturated carbocycles. The van der Waals surface area contributed by atoms with E-state index in [1.54, 1.807) is 0 Å². The van der Waals surface area contributed by atoms with Crippen molar-refractivity contribution in [3.05, 3.63) is 65.7 Å². The molecule has 6 heteroatoms. The highest BCUT2D eigenvalue weighted by Crippen LogP contribution is 2.60. The van der Waals surface area contributed by atoms with Crippen molar-refractivity contribution in [1.82, 2.24) is 5.32 Å². The lowest BCUT2D eigenvalue weighted by atomic mass is 9.48. The quantitative estimate of drug-likeness (QED) is 0.530. The molecule has 4 fully saturated rings. The van der Waals surface area contributed by atoms with Crippen molar-refractivity contribution in [3.63, 3.8) is 0 Å². The van der Waals surface area contributed by atoms with Crippen molar-refractivity contribution in [1.29, 1.82) is 0 Å². The van der Waals surface area contributed by atoms with Crippen molar-refractivity contribution < 1.29 is 13.2 Å². The first-order valence-electron chi connectivity index (χ1n) is 13.1. The van der Waals surface area contributed by atoms with Gasteiger partial charge in [-0.2, -0.15) is 0 Å². The van der Waals surface area contributed by atoms with Gasteiger partial charge in [-0.3, -0.25) is 9.10 Å². The number of hydrogen-bond donors (Lipinski definition) is 1. The van der Waals surface area contributed by atoms with Crippen LogP contribution in [-0.4, -0.2) is 33.2 Å². The largest absolute Gasteiger partial charge is 0.352 e. The molecule has 0 aromatic heterocycles. The number of aryl methyl sites for hydroxylation is 1. The summed E-state index contributed by atoms with van der Waals surface area (Å²) in [6, 6.07) is 18.2. The highest BCUT2D eigenvalue weighted by atomic mass is 32.2. The summed E-state index contributed by atoms with van der Waals surface area (Å²) in [5.41, 5.74) is 3.42. The van der Waals surface area contributed by atoms with Gasteiger partial charge in [0, 0.05) is 6.04 Å². The van der Waals surface area contributed by atoms with Crippen molar-refractivity contribution in [2.24, 2.45) is 17.8 Å². The van der Waals surface area contributed by atoms with Gasteiger partial charge in [0.2, 0.25) is 15.9 Å². The number of nitrogens with zero attached hydrogens (tertiary/aromatic N) is 1. The molecule has 0 unspecified atom stereocenters. The number of rotatable bonds is 9. The van der Waals surface area contributed by atoms with E-state index in [4.69, 9.17) is 0 Å². The molecule has 0 aliphatic heterocycles. The third-order valence-corrected chi connectivity index (χ3v) is 9.75. The molecule has 4 aliphatic carbocycles. The number of nitrogens with one attached hydrogen (secondary N) is 1. The Bertz CT molecular complexity index is 1110. The fraction of sp³-hybridized carbons (Fsp3) is 0.552. The molecule has 0 saturated heterocycles. The van der Waals surface area contributed by atoms with E-state index in [0.717, 1.165) is 30.6 Å². The maximum atomic E-state index is 12.8. The maximum Gasteiger partial charge on any atom is 0.240 e. The average molecular weight is 495 g/mol. The van der Waals surface area contributed by atoms with E-state index in [2.05, 4.69) is 29.6 Å². The topological polar surface area (TPSA) is 66.5 Å². The fourth-order valence-electron chi connectivity index (χ4n) is 7.40. The molecule has 6 rings (SSSR count). The van der Waals surface area contributed by atoms with Gasteiger partial charge in [0.1, 0.15) is 6.54 Å². The summed E-state index contributed by atoms with van der Waals surface area (Å²) in [5, 5.41) is 2.98. The molecule has 1 atom stereocenters. The van der Waals surface area contributed by atoms with E-state index in [1.165, 1.54) is 60.2 Å². The van der Waals surface area contributed by atoms with Crippen LogP contribution in [0.1, 0.15) is 63.0 Å². The van der Waals surface area contributed by atoms with Crippen molar-refractivity contribution in [3.8, 4) is 0 Å². The number of sulfonamides is 1. The molecule has 4 bridgehead atoms. The van der Waals surface area contributed by atoms with Crippen LogP contribution >= 0.6 is 0 Å². The Balaban J connectivity index is 1.24. The van der Waals surface area contributed by atoms with Crippen molar-refractivity contribution in [2.75, 3.05) is 17.1 Å². The third-order valence-electron chi connectivity index (χ3n) is 8.61. The first-order valence-corrected chi connectivity index (χ1v) is 15.0. The van der Waals surface area contributed by atoms with Crippen molar-refractivity contribution in [2.45, 2.75) is 69.7 Å². The van der Waals surface area contributed by atoms with Gasteiger partial charge in [-0.1, -0.05) is 42.5 Å². The molecule has 2 aromatic rings. The maximum absolute atomic E-state index is 12.8. The molecule has 1 N–H and O–H groups in total. The van der Waals surface area contributed by atoms with E-state index >= 15 is 0 Å². The van der Waals surface area contributed by atoms with Gasteiger partial charge in [-0.25, -0.2) is 8.42 Å². The van der Waals surface area contributed by atoms with Crippen LogP contribution in [0.4, 0.5) is 5.69 Å². The highest BCUT2D eigenvalue weighted by molar-refractivity contribution is 7.92. The number of hydrogen-bond acceptors (Lipinski definition) is 3. The molecular formula is C29H38N2O3S. The summed E-state index contributed by atoms with van der Waals surface area (Å²) in [6.07, 6.45) is 10.9. The van der Waals surface area contributed by atoms with Crippen LogP contribution < -0.4 is 9.62 Å². The van der Waals surface area contributed by atoms with Crippen LogP contribution in [0, 0.1) is 17.8 Å². The van der Waals surface area contributed by atoms with E-state index in [-0.39, 0.29) is 23.9 Å². The lowest BCUT2D eigenvalue weighted by molar-refractivity contribution is -0.120. The summed E-state index contributed by atoms with van der Waals surface area (Å²) < 4.78 is 26.5. The lowest BCUT2D eigenvalue weighted by Crippen LogP contribution is -2.48. The van der Waals surface area contributed by atoms with Crippen LogP contribution in [0.25, 0.3) is 0 Å². The minimum absolute atomic E-state index is 0.0393. The predicted molar refractivity (Wildman–Crippen MR) is 141 cm³/mol.